The highest BCUT2D eigenvalue weighted by molar-refractivity contribution is 7.71. The highest BCUT2D eigenvalue weighted by atomic mass is 32.1. The minimum atomic E-state index is -0.318. The van der Waals surface area contributed by atoms with Gasteiger partial charge in [0, 0.05) is 37.1 Å². The molecule has 2 fully saturated rings. The van der Waals surface area contributed by atoms with Gasteiger partial charge in [0.05, 0.1) is 17.7 Å². The maximum absolute atomic E-state index is 12.8. The number of nitrogens with one attached hydrogen (secondary N) is 1. The molecule has 2 aromatic rings. The van der Waals surface area contributed by atoms with Gasteiger partial charge < -0.3 is 24.1 Å². The van der Waals surface area contributed by atoms with Crippen LogP contribution in [0.15, 0.2) is 22.6 Å². The second kappa shape index (κ2) is 6.23. The number of aromatic amines is 1. The van der Waals surface area contributed by atoms with Crippen LogP contribution in [0.5, 0.6) is 0 Å². The molecule has 0 bridgehead atoms. The van der Waals surface area contributed by atoms with Crippen molar-refractivity contribution < 1.29 is 19.1 Å². The summed E-state index contributed by atoms with van der Waals surface area (Å²) in [6, 6.07) is 5.33. The standard InChI is InChI=1S/C18H22N2O4S/c1-2-23-15-10-14(21)18(15)5-7-20(8-6-18)16(22)11-3-4-12-13(9-11)24-17(25)19-12/h3-4,9,14-15,21H,2,5-8,10H2,1H3,(H,19,25)/t14-,15-/m1/s1. The molecule has 1 spiro atoms. The Hall–Kier alpha value is -1.70. The van der Waals surface area contributed by atoms with Gasteiger partial charge in [-0.15, -0.1) is 0 Å². The predicted octanol–water partition coefficient (Wildman–Crippen LogP) is 2.88. The number of amides is 1. The molecule has 2 heterocycles. The SMILES string of the molecule is CCO[C@@H]1C[C@@H](O)C12CCN(C(=O)c1ccc3[nH]c(=S)oc3c1)CC2. The fraction of sp³-hybridized carbons (Fsp3) is 0.556. The fourth-order valence-corrected chi connectivity index (χ4v) is 4.40. The van der Waals surface area contributed by atoms with Gasteiger partial charge in [-0.2, -0.15) is 0 Å². The van der Waals surface area contributed by atoms with E-state index in [9.17, 15) is 9.90 Å². The van der Waals surface area contributed by atoms with Crippen molar-refractivity contribution in [1.82, 2.24) is 9.88 Å². The van der Waals surface area contributed by atoms with E-state index in [-0.39, 0.29) is 23.5 Å². The highest BCUT2D eigenvalue weighted by Crippen LogP contribution is 2.51. The molecule has 1 amide bonds. The number of aliphatic hydroxyl groups is 1. The van der Waals surface area contributed by atoms with Crippen molar-refractivity contribution in [2.45, 2.75) is 38.4 Å². The summed E-state index contributed by atoms with van der Waals surface area (Å²) in [5.41, 5.74) is 1.80. The number of ether oxygens (including phenoxy) is 1. The number of aromatic nitrogens is 1. The Morgan fingerprint density at radius 1 is 1.48 bits per heavy atom. The fourth-order valence-electron chi connectivity index (χ4n) is 4.20. The molecule has 1 aliphatic heterocycles. The number of carbonyl (C=O) groups is 1. The molecule has 4 rings (SSSR count). The average Bonchev–Trinajstić information content (AvgIpc) is 3.00. The summed E-state index contributed by atoms with van der Waals surface area (Å²) in [7, 11) is 0. The Labute approximate surface area is 150 Å². The number of likely N-dealkylation sites (tertiary alicyclic amines) is 1. The predicted molar refractivity (Wildman–Crippen MR) is 95.0 cm³/mol. The number of oxazole rings is 1. The number of carbonyl (C=O) groups excluding carboxylic acids is 1. The third-order valence-corrected chi connectivity index (χ3v) is 5.94. The van der Waals surface area contributed by atoms with Crippen LogP contribution in [0.1, 0.15) is 36.5 Å². The summed E-state index contributed by atoms with van der Waals surface area (Å²) >= 11 is 4.98. The number of aliphatic hydroxyl groups excluding tert-OH is 1. The molecule has 25 heavy (non-hydrogen) atoms. The summed E-state index contributed by atoms with van der Waals surface area (Å²) in [6.45, 7) is 3.91. The molecule has 2 aliphatic rings. The van der Waals surface area contributed by atoms with Gasteiger partial charge in [-0.1, -0.05) is 0 Å². The Bertz CT molecular complexity index is 848. The van der Waals surface area contributed by atoms with Gasteiger partial charge in [-0.3, -0.25) is 4.79 Å². The molecule has 134 valence electrons. The number of nitrogens with zero attached hydrogens (tertiary/aromatic N) is 1. The number of fused-ring (bicyclic) bond motifs is 1. The van der Waals surface area contributed by atoms with Crippen LogP contribution >= 0.6 is 12.2 Å². The van der Waals surface area contributed by atoms with Crippen LogP contribution in [-0.2, 0) is 4.74 Å². The quantitative estimate of drug-likeness (QED) is 0.821. The van der Waals surface area contributed by atoms with Crippen LogP contribution in [0.3, 0.4) is 0 Å². The molecule has 0 unspecified atom stereocenters. The van der Waals surface area contributed by atoms with Crippen molar-refractivity contribution in [3.63, 3.8) is 0 Å². The van der Waals surface area contributed by atoms with Gasteiger partial charge in [0.25, 0.3) is 10.7 Å². The van der Waals surface area contributed by atoms with E-state index in [1.807, 2.05) is 17.9 Å². The second-order valence-electron chi connectivity index (χ2n) is 6.95. The van der Waals surface area contributed by atoms with E-state index in [0.29, 0.717) is 42.1 Å². The van der Waals surface area contributed by atoms with Gasteiger partial charge in [0.15, 0.2) is 5.58 Å². The summed E-state index contributed by atoms with van der Waals surface area (Å²) in [5, 5.41) is 10.3. The normalized spacial score (nSPS) is 25.3. The number of hydrogen-bond acceptors (Lipinski definition) is 5. The van der Waals surface area contributed by atoms with Gasteiger partial charge in [-0.05, 0) is 50.2 Å². The first-order valence-electron chi connectivity index (χ1n) is 8.75. The molecule has 1 aromatic carbocycles. The van der Waals surface area contributed by atoms with Crippen LogP contribution < -0.4 is 0 Å². The van der Waals surface area contributed by atoms with E-state index < -0.39 is 0 Å². The van der Waals surface area contributed by atoms with Crippen LogP contribution in [0, 0.1) is 10.3 Å². The number of H-pyrrole nitrogens is 1. The minimum absolute atomic E-state index is 0.0131. The first kappa shape index (κ1) is 16.8. The summed E-state index contributed by atoms with van der Waals surface area (Å²) in [6.07, 6.45) is 2.05. The number of hydrogen-bond donors (Lipinski definition) is 2. The molecule has 0 radical (unpaired) electrons. The lowest BCUT2D eigenvalue weighted by molar-refractivity contribution is -0.207. The van der Waals surface area contributed by atoms with Crippen molar-refractivity contribution in [2.24, 2.45) is 5.41 Å². The molecule has 1 saturated heterocycles. The molecular formula is C18H22N2O4S. The maximum Gasteiger partial charge on any atom is 0.266 e. The Balaban J connectivity index is 1.48. The summed E-state index contributed by atoms with van der Waals surface area (Å²) < 4.78 is 11.2. The van der Waals surface area contributed by atoms with Crippen molar-refractivity contribution in [3.05, 3.63) is 28.6 Å². The van der Waals surface area contributed by atoms with E-state index in [0.717, 1.165) is 18.4 Å². The summed E-state index contributed by atoms with van der Waals surface area (Å²) in [4.78, 5) is 17.9. The van der Waals surface area contributed by atoms with Crippen molar-refractivity contribution in [1.29, 1.82) is 0 Å². The Kier molecular flexibility index (Phi) is 4.17. The first-order chi connectivity index (χ1) is 12.0. The molecule has 1 aromatic heterocycles. The van der Waals surface area contributed by atoms with E-state index in [2.05, 4.69) is 4.98 Å². The molecule has 1 saturated carbocycles. The zero-order valence-electron chi connectivity index (χ0n) is 14.2. The molecule has 7 heteroatoms. The molecular weight excluding hydrogens is 340 g/mol. The van der Waals surface area contributed by atoms with E-state index in [4.69, 9.17) is 21.4 Å². The van der Waals surface area contributed by atoms with Crippen molar-refractivity contribution >= 4 is 29.2 Å². The molecule has 2 N–H and O–H groups in total. The van der Waals surface area contributed by atoms with Gasteiger partial charge in [0.2, 0.25) is 0 Å². The minimum Gasteiger partial charge on any atom is -0.429 e. The zero-order chi connectivity index (χ0) is 17.6. The van der Waals surface area contributed by atoms with Gasteiger partial charge in [-0.25, -0.2) is 0 Å². The largest absolute Gasteiger partial charge is 0.429 e. The van der Waals surface area contributed by atoms with Gasteiger partial charge >= 0.3 is 0 Å². The van der Waals surface area contributed by atoms with Crippen LogP contribution in [0.4, 0.5) is 0 Å². The monoisotopic (exact) mass is 362 g/mol. The average molecular weight is 362 g/mol. The van der Waals surface area contributed by atoms with Crippen LogP contribution in [-0.4, -0.2) is 52.8 Å². The smallest absolute Gasteiger partial charge is 0.266 e. The second-order valence-corrected chi connectivity index (χ2v) is 7.32. The Morgan fingerprint density at radius 3 is 2.92 bits per heavy atom. The van der Waals surface area contributed by atoms with Gasteiger partial charge in [0.1, 0.15) is 0 Å². The number of piperidine rings is 1. The molecule has 1 aliphatic carbocycles. The first-order valence-corrected chi connectivity index (χ1v) is 9.16. The van der Waals surface area contributed by atoms with E-state index >= 15 is 0 Å². The lowest BCUT2D eigenvalue weighted by Gasteiger charge is -2.56. The van der Waals surface area contributed by atoms with E-state index in [1.165, 1.54) is 0 Å². The molecule has 2 atom stereocenters. The third kappa shape index (κ3) is 2.70. The number of rotatable bonds is 3. The molecule has 6 nitrogen and oxygen atoms in total. The third-order valence-electron chi connectivity index (χ3n) is 5.76. The van der Waals surface area contributed by atoms with Crippen LogP contribution in [0.2, 0.25) is 0 Å². The number of benzene rings is 1. The highest BCUT2D eigenvalue weighted by Gasteiger charge is 2.56. The van der Waals surface area contributed by atoms with Crippen molar-refractivity contribution in [3.8, 4) is 0 Å². The lowest BCUT2D eigenvalue weighted by atomic mass is 9.58. The summed E-state index contributed by atoms with van der Waals surface area (Å²) in [5.74, 6) is -0.0131. The zero-order valence-corrected chi connectivity index (χ0v) is 15.0. The van der Waals surface area contributed by atoms with E-state index in [1.54, 1.807) is 12.1 Å². The Morgan fingerprint density at radius 2 is 2.24 bits per heavy atom. The lowest BCUT2D eigenvalue weighted by Crippen LogP contribution is -2.62. The maximum atomic E-state index is 12.8. The van der Waals surface area contributed by atoms with Crippen LogP contribution in [0.25, 0.3) is 11.1 Å². The van der Waals surface area contributed by atoms with Crippen molar-refractivity contribution in [2.75, 3.05) is 19.7 Å². The topological polar surface area (TPSA) is 78.7 Å².